The van der Waals surface area contributed by atoms with Crippen LogP contribution in [0.2, 0.25) is 10.3 Å². The van der Waals surface area contributed by atoms with E-state index in [1.807, 2.05) is 24.3 Å². The Morgan fingerprint density at radius 2 is 1.65 bits per heavy atom. The summed E-state index contributed by atoms with van der Waals surface area (Å²) in [6.45, 7) is 1.74. The van der Waals surface area contributed by atoms with Crippen LogP contribution in [0.25, 0.3) is 11.1 Å². The van der Waals surface area contributed by atoms with Crippen LogP contribution >= 0.6 is 23.2 Å². The van der Waals surface area contributed by atoms with Gasteiger partial charge in [0.15, 0.2) is 0 Å². The maximum atomic E-state index is 6.11. The van der Waals surface area contributed by atoms with Crippen molar-refractivity contribution < 1.29 is 4.74 Å². The largest absolute Gasteiger partial charge is 0.496 e. The average Bonchev–Trinajstić information content (AvgIpc) is 2.28. The number of halogens is 2. The van der Waals surface area contributed by atoms with Gasteiger partial charge in [-0.3, -0.25) is 0 Å². The molecule has 1 heterocycles. The van der Waals surface area contributed by atoms with Gasteiger partial charge in [-0.15, -0.1) is 0 Å². The first-order chi connectivity index (χ1) is 8.13. The number of ether oxygens (including phenoxy) is 1. The zero-order valence-electron chi connectivity index (χ0n) is 9.37. The lowest BCUT2D eigenvalue weighted by Crippen LogP contribution is -1.95. The van der Waals surface area contributed by atoms with Gasteiger partial charge < -0.3 is 4.74 Å². The molecule has 0 amide bonds. The van der Waals surface area contributed by atoms with Gasteiger partial charge in [-0.1, -0.05) is 41.4 Å². The van der Waals surface area contributed by atoms with Crippen molar-refractivity contribution in [3.8, 4) is 16.9 Å². The highest BCUT2D eigenvalue weighted by molar-refractivity contribution is 6.37. The smallest absolute Gasteiger partial charge is 0.142 e. The van der Waals surface area contributed by atoms with Crippen LogP contribution in [0.5, 0.6) is 5.75 Å². The minimum absolute atomic E-state index is 0.326. The standard InChI is InChI=1S/C12H10Cl2N2O/c1-7-15-11(13)10(12(14)16-7)8-5-3-4-6-9(8)17-2/h3-6H,1-2H3. The van der Waals surface area contributed by atoms with Gasteiger partial charge in [0.05, 0.1) is 12.7 Å². The Bertz CT molecular complexity index is 535. The zero-order chi connectivity index (χ0) is 12.4. The fourth-order valence-corrected chi connectivity index (χ4v) is 2.26. The van der Waals surface area contributed by atoms with Crippen molar-refractivity contribution in [2.45, 2.75) is 6.92 Å². The third kappa shape index (κ3) is 2.35. The second-order valence-corrected chi connectivity index (χ2v) is 4.14. The van der Waals surface area contributed by atoms with E-state index in [0.29, 0.717) is 27.4 Å². The molecule has 0 saturated carbocycles. The molecule has 0 aliphatic carbocycles. The lowest BCUT2D eigenvalue weighted by molar-refractivity contribution is 0.416. The summed E-state index contributed by atoms with van der Waals surface area (Å²) in [6.07, 6.45) is 0. The molecule has 2 aromatic rings. The van der Waals surface area contributed by atoms with Crippen LogP contribution in [0.4, 0.5) is 0 Å². The van der Waals surface area contributed by atoms with Crippen molar-refractivity contribution in [2.24, 2.45) is 0 Å². The molecule has 88 valence electrons. The Labute approximate surface area is 109 Å². The van der Waals surface area contributed by atoms with Crippen LogP contribution in [-0.4, -0.2) is 17.1 Å². The van der Waals surface area contributed by atoms with E-state index in [4.69, 9.17) is 27.9 Å². The van der Waals surface area contributed by atoms with Crippen molar-refractivity contribution in [1.82, 2.24) is 9.97 Å². The molecule has 0 atom stereocenters. The van der Waals surface area contributed by atoms with Gasteiger partial charge >= 0.3 is 0 Å². The summed E-state index contributed by atoms with van der Waals surface area (Å²) in [4.78, 5) is 8.20. The molecular weight excluding hydrogens is 259 g/mol. The summed E-state index contributed by atoms with van der Waals surface area (Å²) >= 11 is 12.2. The highest BCUT2D eigenvalue weighted by Gasteiger charge is 2.15. The summed E-state index contributed by atoms with van der Waals surface area (Å²) in [7, 11) is 1.59. The van der Waals surface area contributed by atoms with E-state index in [-0.39, 0.29) is 0 Å². The quantitative estimate of drug-likeness (QED) is 0.778. The van der Waals surface area contributed by atoms with Gasteiger partial charge in [-0.2, -0.15) is 0 Å². The Morgan fingerprint density at radius 3 is 2.24 bits per heavy atom. The molecule has 2 rings (SSSR count). The monoisotopic (exact) mass is 268 g/mol. The Hall–Kier alpha value is -1.32. The Kier molecular flexibility index (Phi) is 3.50. The van der Waals surface area contributed by atoms with E-state index < -0.39 is 0 Å². The zero-order valence-corrected chi connectivity index (χ0v) is 10.9. The predicted molar refractivity (Wildman–Crippen MR) is 68.8 cm³/mol. The number of nitrogens with zero attached hydrogens (tertiary/aromatic N) is 2. The number of hydrogen-bond donors (Lipinski definition) is 0. The predicted octanol–water partition coefficient (Wildman–Crippen LogP) is 3.77. The highest BCUT2D eigenvalue weighted by Crippen LogP contribution is 2.37. The number of para-hydroxylation sites is 1. The lowest BCUT2D eigenvalue weighted by Gasteiger charge is -2.10. The highest BCUT2D eigenvalue weighted by atomic mass is 35.5. The molecule has 0 aliphatic rings. The number of aryl methyl sites for hydroxylation is 1. The number of aromatic nitrogens is 2. The van der Waals surface area contributed by atoms with Crippen LogP contribution in [0, 0.1) is 6.92 Å². The second-order valence-electron chi connectivity index (χ2n) is 3.43. The van der Waals surface area contributed by atoms with E-state index in [9.17, 15) is 0 Å². The first-order valence-corrected chi connectivity index (χ1v) is 5.72. The molecule has 3 nitrogen and oxygen atoms in total. The van der Waals surface area contributed by atoms with Gasteiger partial charge in [0.25, 0.3) is 0 Å². The van der Waals surface area contributed by atoms with Crippen LogP contribution in [0.1, 0.15) is 5.82 Å². The average molecular weight is 269 g/mol. The minimum Gasteiger partial charge on any atom is -0.496 e. The lowest BCUT2D eigenvalue weighted by atomic mass is 10.1. The molecule has 0 bridgehead atoms. The molecule has 0 saturated heterocycles. The number of hydrogen-bond acceptors (Lipinski definition) is 3. The number of benzene rings is 1. The molecule has 17 heavy (non-hydrogen) atoms. The van der Waals surface area contributed by atoms with Gasteiger partial charge in [0.1, 0.15) is 21.9 Å². The third-order valence-electron chi connectivity index (χ3n) is 2.31. The molecular formula is C12H10Cl2N2O. The summed E-state index contributed by atoms with van der Waals surface area (Å²) < 4.78 is 5.27. The van der Waals surface area contributed by atoms with Crippen molar-refractivity contribution in [3.05, 3.63) is 40.4 Å². The van der Waals surface area contributed by atoms with E-state index in [2.05, 4.69) is 9.97 Å². The van der Waals surface area contributed by atoms with Gasteiger partial charge in [0, 0.05) is 5.56 Å². The molecule has 0 aliphatic heterocycles. The number of methoxy groups -OCH3 is 1. The van der Waals surface area contributed by atoms with Crippen LogP contribution in [0.15, 0.2) is 24.3 Å². The minimum atomic E-state index is 0.326. The molecule has 1 aromatic carbocycles. The van der Waals surface area contributed by atoms with Crippen molar-refractivity contribution in [2.75, 3.05) is 7.11 Å². The van der Waals surface area contributed by atoms with Gasteiger partial charge in [-0.05, 0) is 13.0 Å². The maximum Gasteiger partial charge on any atom is 0.142 e. The topological polar surface area (TPSA) is 35.0 Å². The molecule has 5 heteroatoms. The molecule has 0 fully saturated rings. The molecule has 0 spiro atoms. The summed E-state index contributed by atoms with van der Waals surface area (Å²) in [5, 5.41) is 0.652. The van der Waals surface area contributed by atoms with Crippen molar-refractivity contribution in [3.63, 3.8) is 0 Å². The van der Waals surface area contributed by atoms with E-state index >= 15 is 0 Å². The van der Waals surface area contributed by atoms with Gasteiger partial charge in [0.2, 0.25) is 0 Å². The first kappa shape index (κ1) is 12.1. The van der Waals surface area contributed by atoms with Crippen LogP contribution < -0.4 is 4.74 Å². The summed E-state index contributed by atoms with van der Waals surface area (Å²) in [5.74, 6) is 1.22. The van der Waals surface area contributed by atoms with Crippen LogP contribution in [0.3, 0.4) is 0 Å². The third-order valence-corrected chi connectivity index (χ3v) is 2.86. The fraction of sp³-hybridized carbons (Fsp3) is 0.167. The van der Waals surface area contributed by atoms with Crippen molar-refractivity contribution >= 4 is 23.2 Å². The molecule has 1 aromatic heterocycles. The van der Waals surface area contributed by atoms with E-state index in [0.717, 1.165) is 5.56 Å². The maximum absolute atomic E-state index is 6.11. The van der Waals surface area contributed by atoms with E-state index in [1.165, 1.54) is 0 Å². The Morgan fingerprint density at radius 1 is 1.06 bits per heavy atom. The van der Waals surface area contributed by atoms with Crippen molar-refractivity contribution in [1.29, 1.82) is 0 Å². The summed E-state index contributed by atoms with van der Waals surface area (Å²) in [5.41, 5.74) is 1.38. The molecule has 0 N–H and O–H groups in total. The first-order valence-electron chi connectivity index (χ1n) is 4.96. The SMILES string of the molecule is COc1ccccc1-c1c(Cl)nc(C)nc1Cl. The Balaban J connectivity index is 2.68. The number of rotatable bonds is 2. The fourth-order valence-electron chi connectivity index (χ4n) is 1.58. The second kappa shape index (κ2) is 4.90. The normalized spacial score (nSPS) is 10.4. The molecule has 0 radical (unpaired) electrons. The molecule has 0 unspecified atom stereocenters. The van der Waals surface area contributed by atoms with Crippen LogP contribution in [-0.2, 0) is 0 Å². The van der Waals surface area contributed by atoms with Gasteiger partial charge in [-0.25, -0.2) is 9.97 Å². The van der Waals surface area contributed by atoms with E-state index in [1.54, 1.807) is 14.0 Å². The summed E-state index contributed by atoms with van der Waals surface area (Å²) in [6, 6.07) is 7.45.